The Hall–Kier alpha value is -1.50. The fourth-order valence-electron chi connectivity index (χ4n) is 1.80. The summed E-state index contributed by atoms with van der Waals surface area (Å²) in [4.78, 5) is 33.0. The number of amides is 1. The smallest absolute Gasteiger partial charge is 0.311 e. The molecule has 0 aromatic carbocycles. The molecule has 2 heterocycles. The first-order chi connectivity index (χ1) is 8.52. The highest BCUT2D eigenvalue weighted by atomic mass is 79.9. The van der Waals surface area contributed by atoms with Gasteiger partial charge in [0.1, 0.15) is 0 Å². The van der Waals surface area contributed by atoms with Gasteiger partial charge in [-0.05, 0) is 22.9 Å². The number of ether oxygens (including phenoxy) is 1. The molecule has 6 nitrogen and oxygen atoms in total. The maximum absolute atomic E-state index is 11.8. The van der Waals surface area contributed by atoms with E-state index in [1.807, 2.05) is 6.92 Å². The van der Waals surface area contributed by atoms with Crippen LogP contribution >= 0.6 is 15.9 Å². The number of methoxy groups -OCH3 is 1. The number of nitrogens with zero attached hydrogens (tertiary/aromatic N) is 3. The molecule has 1 saturated heterocycles. The molecule has 1 aromatic rings. The molecule has 1 fully saturated rings. The summed E-state index contributed by atoms with van der Waals surface area (Å²) in [6.07, 6.45) is 1.74. The number of esters is 1. The van der Waals surface area contributed by atoms with Gasteiger partial charge in [-0.3, -0.25) is 14.5 Å². The number of carbonyl (C=O) groups excluding carboxylic acids is 2. The van der Waals surface area contributed by atoms with Crippen molar-refractivity contribution in [3.05, 3.63) is 16.4 Å². The first-order valence-electron chi connectivity index (χ1n) is 5.40. The number of rotatable bonds is 2. The van der Waals surface area contributed by atoms with Crippen molar-refractivity contribution in [1.29, 1.82) is 0 Å². The zero-order valence-corrected chi connectivity index (χ0v) is 11.6. The highest BCUT2D eigenvalue weighted by Crippen LogP contribution is 2.24. The minimum atomic E-state index is -0.435. The molecule has 7 heteroatoms. The summed E-state index contributed by atoms with van der Waals surface area (Å²) in [6, 6.07) is 0. The van der Waals surface area contributed by atoms with Gasteiger partial charge in [-0.25, -0.2) is 9.97 Å². The first-order valence-corrected chi connectivity index (χ1v) is 6.19. The Balaban J connectivity index is 2.21. The van der Waals surface area contributed by atoms with Gasteiger partial charge < -0.3 is 4.74 Å². The second kappa shape index (κ2) is 5.01. The van der Waals surface area contributed by atoms with Crippen molar-refractivity contribution >= 4 is 33.8 Å². The second-order valence-electron chi connectivity index (χ2n) is 4.03. The van der Waals surface area contributed by atoms with E-state index in [2.05, 4.69) is 30.6 Å². The van der Waals surface area contributed by atoms with Crippen molar-refractivity contribution in [2.45, 2.75) is 13.3 Å². The lowest BCUT2D eigenvalue weighted by Gasteiger charge is -2.14. The van der Waals surface area contributed by atoms with Gasteiger partial charge in [0.05, 0.1) is 23.2 Å². The molecular weight excluding hydrogens is 302 g/mol. The minimum absolute atomic E-state index is 0.144. The Morgan fingerprint density at radius 1 is 1.61 bits per heavy atom. The molecule has 0 N–H and O–H groups in total. The van der Waals surface area contributed by atoms with Crippen LogP contribution in [-0.2, 0) is 14.3 Å². The van der Waals surface area contributed by atoms with Crippen molar-refractivity contribution in [3.63, 3.8) is 0 Å². The largest absolute Gasteiger partial charge is 0.469 e. The molecule has 0 saturated carbocycles. The van der Waals surface area contributed by atoms with Gasteiger partial charge in [0.2, 0.25) is 11.9 Å². The van der Waals surface area contributed by atoms with E-state index in [0.29, 0.717) is 5.95 Å². The van der Waals surface area contributed by atoms with E-state index in [9.17, 15) is 9.59 Å². The van der Waals surface area contributed by atoms with Crippen LogP contribution in [0.4, 0.5) is 5.95 Å². The Morgan fingerprint density at radius 2 is 2.33 bits per heavy atom. The predicted octanol–water partition coefficient (Wildman–Crippen LogP) is 1.07. The van der Waals surface area contributed by atoms with E-state index in [1.54, 1.807) is 6.20 Å². The molecule has 1 atom stereocenters. The van der Waals surface area contributed by atoms with Crippen molar-refractivity contribution in [2.75, 3.05) is 18.6 Å². The third-order valence-electron chi connectivity index (χ3n) is 2.81. The van der Waals surface area contributed by atoms with E-state index in [1.165, 1.54) is 12.0 Å². The Labute approximate surface area is 112 Å². The maximum atomic E-state index is 11.8. The van der Waals surface area contributed by atoms with Gasteiger partial charge in [-0.15, -0.1) is 0 Å². The summed E-state index contributed by atoms with van der Waals surface area (Å²) in [5.41, 5.74) is 0.745. The molecule has 1 aromatic heterocycles. The second-order valence-corrected chi connectivity index (χ2v) is 4.89. The van der Waals surface area contributed by atoms with Crippen LogP contribution in [0.15, 0.2) is 10.7 Å². The summed E-state index contributed by atoms with van der Waals surface area (Å²) in [6.45, 7) is 2.08. The number of halogens is 1. The molecule has 2 rings (SSSR count). The molecule has 0 radical (unpaired) electrons. The monoisotopic (exact) mass is 313 g/mol. The van der Waals surface area contributed by atoms with Crippen molar-refractivity contribution in [2.24, 2.45) is 5.92 Å². The van der Waals surface area contributed by atoms with Gasteiger partial charge in [-0.1, -0.05) is 0 Å². The molecule has 96 valence electrons. The predicted molar refractivity (Wildman–Crippen MR) is 66.9 cm³/mol. The average Bonchev–Trinajstić information content (AvgIpc) is 2.74. The van der Waals surface area contributed by atoms with Crippen LogP contribution in [-0.4, -0.2) is 35.5 Å². The summed E-state index contributed by atoms with van der Waals surface area (Å²) >= 11 is 3.30. The fraction of sp³-hybridized carbons (Fsp3) is 0.455. The SMILES string of the molecule is COC(=O)C1CC(=O)N(c2ncc(Br)c(C)n2)C1. The first kappa shape index (κ1) is 12.9. The van der Waals surface area contributed by atoms with Crippen LogP contribution in [0.3, 0.4) is 0 Å². The van der Waals surface area contributed by atoms with Crippen molar-refractivity contribution < 1.29 is 14.3 Å². The molecule has 0 bridgehead atoms. The standard InChI is InChI=1S/C11H12BrN3O3/c1-6-8(12)4-13-11(14-6)15-5-7(3-9(15)16)10(17)18-2/h4,7H,3,5H2,1-2H3. The van der Waals surface area contributed by atoms with Crippen LogP contribution in [0.1, 0.15) is 12.1 Å². The van der Waals surface area contributed by atoms with Gasteiger partial charge in [0, 0.05) is 19.2 Å². The number of aryl methyl sites for hydroxylation is 1. The molecule has 1 amide bonds. The molecule has 18 heavy (non-hydrogen) atoms. The molecule has 0 spiro atoms. The van der Waals surface area contributed by atoms with E-state index in [4.69, 9.17) is 0 Å². The van der Waals surface area contributed by atoms with Crippen molar-refractivity contribution in [1.82, 2.24) is 9.97 Å². The molecule has 0 aliphatic carbocycles. The topological polar surface area (TPSA) is 72.4 Å². The lowest BCUT2D eigenvalue weighted by atomic mass is 10.1. The van der Waals surface area contributed by atoms with Crippen molar-refractivity contribution in [3.8, 4) is 0 Å². The third kappa shape index (κ3) is 2.35. The molecule has 1 unspecified atom stereocenters. The van der Waals surface area contributed by atoms with E-state index < -0.39 is 5.92 Å². The third-order valence-corrected chi connectivity index (χ3v) is 3.59. The fourth-order valence-corrected chi connectivity index (χ4v) is 1.99. The Bertz CT molecular complexity index is 506. The Morgan fingerprint density at radius 3 is 2.94 bits per heavy atom. The molecule has 1 aliphatic heterocycles. The summed E-state index contributed by atoms with van der Waals surface area (Å²) in [7, 11) is 1.32. The van der Waals surface area contributed by atoms with Crippen LogP contribution in [0.25, 0.3) is 0 Å². The quantitative estimate of drug-likeness (QED) is 0.764. The number of anilines is 1. The van der Waals surface area contributed by atoms with Crippen LogP contribution in [0.2, 0.25) is 0 Å². The summed E-state index contributed by atoms with van der Waals surface area (Å²) in [5, 5.41) is 0. The average molecular weight is 314 g/mol. The Kier molecular flexibility index (Phi) is 3.60. The zero-order valence-electron chi connectivity index (χ0n) is 10.0. The van der Waals surface area contributed by atoms with Gasteiger partial charge in [0.15, 0.2) is 0 Å². The van der Waals surface area contributed by atoms with E-state index in [-0.39, 0.29) is 24.8 Å². The number of hydrogen-bond acceptors (Lipinski definition) is 5. The minimum Gasteiger partial charge on any atom is -0.469 e. The number of hydrogen-bond donors (Lipinski definition) is 0. The lowest BCUT2D eigenvalue weighted by molar-refractivity contribution is -0.145. The highest BCUT2D eigenvalue weighted by Gasteiger charge is 2.37. The normalized spacial score (nSPS) is 19.2. The van der Waals surface area contributed by atoms with Gasteiger partial charge >= 0.3 is 5.97 Å². The van der Waals surface area contributed by atoms with Crippen LogP contribution in [0, 0.1) is 12.8 Å². The summed E-state index contributed by atoms with van der Waals surface area (Å²) in [5.74, 6) is -0.644. The number of carbonyl (C=O) groups is 2. The van der Waals surface area contributed by atoms with Gasteiger partial charge in [0.25, 0.3) is 0 Å². The van der Waals surface area contributed by atoms with E-state index in [0.717, 1.165) is 10.2 Å². The van der Waals surface area contributed by atoms with Crippen LogP contribution < -0.4 is 4.90 Å². The summed E-state index contributed by atoms with van der Waals surface area (Å²) < 4.78 is 5.42. The molecular formula is C11H12BrN3O3. The number of aromatic nitrogens is 2. The molecule has 1 aliphatic rings. The highest BCUT2D eigenvalue weighted by molar-refractivity contribution is 9.10. The lowest BCUT2D eigenvalue weighted by Crippen LogP contribution is -2.28. The van der Waals surface area contributed by atoms with Gasteiger partial charge in [-0.2, -0.15) is 0 Å². The maximum Gasteiger partial charge on any atom is 0.311 e. The zero-order chi connectivity index (χ0) is 13.3. The van der Waals surface area contributed by atoms with Crippen LogP contribution in [0.5, 0.6) is 0 Å². The van der Waals surface area contributed by atoms with E-state index >= 15 is 0 Å².